The molecule has 7 heteroatoms. The monoisotopic (exact) mass is 372 g/mol. The van der Waals surface area contributed by atoms with Gasteiger partial charge in [-0.05, 0) is 31.0 Å². The Balaban J connectivity index is 2.21. The molecule has 2 rings (SSSR count). The van der Waals surface area contributed by atoms with Gasteiger partial charge >= 0.3 is 23.9 Å². The molecule has 1 aliphatic rings. The van der Waals surface area contributed by atoms with Gasteiger partial charge in [-0.25, -0.2) is 19.2 Å². The second-order valence-corrected chi connectivity index (χ2v) is 6.14. The summed E-state index contributed by atoms with van der Waals surface area (Å²) in [6.07, 6.45) is 0.520. The van der Waals surface area contributed by atoms with Crippen LogP contribution in [-0.2, 0) is 36.6 Å². The number of hydrogen-bond acceptors (Lipinski definition) is 7. The van der Waals surface area contributed by atoms with Crippen LogP contribution >= 0.6 is 0 Å². The van der Waals surface area contributed by atoms with Crippen molar-refractivity contribution in [3.63, 3.8) is 0 Å². The highest BCUT2D eigenvalue weighted by Gasteiger charge is 2.33. The molecule has 0 saturated carbocycles. The Hall–Kier alpha value is -3.22. The Labute approximate surface area is 156 Å². The first-order chi connectivity index (χ1) is 12.7. The summed E-state index contributed by atoms with van der Waals surface area (Å²) in [6.45, 7) is 10.2. The molecule has 0 aromatic heterocycles. The topological polar surface area (TPSA) is 96.0 Å². The van der Waals surface area contributed by atoms with Gasteiger partial charge in [0.25, 0.3) is 0 Å². The van der Waals surface area contributed by atoms with Gasteiger partial charge in [0.15, 0.2) is 0 Å². The van der Waals surface area contributed by atoms with Crippen LogP contribution in [0.5, 0.6) is 0 Å². The van der Waals surface area contributed by atoms with Crippen LogP contribution in [0.4, 0.5) is 0 Å². The van der Waals surface area contributed by atoms with E-state index in [1.165, 1.54) is 13.0 Å². The molecule has 0 aliphatic carbocycles. The summed E-state index contributed by atoms with van der Waals surface area (Å²) >= 11 is 0. The highest BCUT2D eigenvalue weighted by atomic mass is 16.6. The van der Waals surface area contributed by atoms with Crippen LogP contribution in [0.25, 0.3) is 0 Å². The first-order valence-electron chi connectivity index (χ1n) is 8.29. The van der Waals surface area contributed by atoms with Gasteiger partial charge in [-0.1, -0.05) is 19.2 Å². The molecule has 0 bridgehead atoms. The molecule has 0 N–H and O–H groups in total. The first-order valence-corrected chi connectivity index (χ1v) is 8.29. The summed E-state index contributed by atoms with van der Waals surface area (Å²) < 4.78 is 14.8. The zero-order chi connectivity index (χ0) is 20.1. The van der Waals surface area contributed by atoms with Crippen molar-refractivity contribution in [2.75, 3.05) is 13.2 Å². The summed E-state index contributed by atoms with van der Waals surface area (Å²) in [4.78, 5) is 46.9. The molecule has 1 aromatic rings. The van der Waals surface area contributed by atoms with Crippen LogP contribution in [0, 0.1) is 0 Å². The lowest BCUT2D eigenvalue weighted by atomic mass is 9.93. The summed E-state index contributed by atoms with van der Waals surface area (Å²) in [5, 5.41) is 0. The molecule has 27 heavy (non-hydrogen) atoms. The van der Waals surface area contributed by atoms with Gasteiger partial charge in [0, 0.05) is 24.0 Å². The van der Waals surface area contributed by atoms with Gasteiger partial charge in [-0.3, -0.25) is 0 Å². The Morgan fingerprint density at radius 1 is 0.926 bits per heavy atom. The lowest BCUT2D eigenvalue weighted by molar-refractivity contribution is -0.139. The average Bonchev–Trinajstić information content (AvgIpc) is 2.89. The minimum absolute atomic E-state index is 0.00215. The zero-order valence-electron chi connectivity index (χ0n) is 15.3. The van der Waals surface area contributed by atoms with E-state index >= 15 is 0 Å². The standard InChI is InChI=1S/C20H20O7/c1-11(2)17(21)25-9-7-13-5-6-15-16(20(24)27-19(15)23)14(13)8-10-26-18(22)12(3)4/h5-6H,1,3,7-10H2,2,4H3. The molecule has 0 fully saturated rings. The fourth-order valence-corrected chi connectivity index (χ4v) is 2.55. The molecule has 0 spiro atoms. The number of benzene rings is 1. The Morgan fingerprint density at radius 3 is 2.04 bits per heavy atom. The number of cyclic esters (lactones) is 2. The van der Waals surface area contributed by atoms with E-state index < -0.39 is 23.9 Å². The second kappa shape index (κ2) is 8.44. The predicted molar refractivity (Wildman–Crippen MR) is 95.1 cm³/mol. The van der Waals surface area contributed by atoms with E-state index in [9.17, 15) is 19.2 Å². The fraction of sp³-hybridized carbons (Fsp3) is 0.300. The van der Waals surface area contributed by atoms with E-state index in [1.54, 1.807) is 13.0 Å². The van der Waals surface area contributed by atoms with Crippen molar-refractivity contribution in [2.45, 2.75) is 26.7 Å². The van der Waals surface area contributed by atoms with Crippen LogP contribution < -0.4 is 0 Å². The summed E-state index contributed by atoms with van der Waals surface area (Å²) in [5.74, 6) is -2.51. The van der Waals surface area contributed by atoms with Crippen molar-refractivity contribution in [1.82, 2.24) is 0 Å². The van der Waals surface area contributed by atoms with Gasteiger partial charge in [0.1, 0.15) is 0 Å². The van der Waals surface area contributed by atoms with Crippen molar-refractivity contribution in [3.05, 3.63) is 58.7 Å². The number of ether oxygens (including phenoxy) is 3. The Bertz CT molecular complexity index is 848. The maximum atomic E-state index is 12.1. The molecule has 0 atom stereocenters. The van der Waals surface area contributed by atoms with Gasteiger partial charge in [0.2, 0.25) is 0 Å². The molecule has 0 unspecified atom stereocenters. The van der Waals surface area contributed by atoms with E-state index in [2.05, 4.69) is 17.9 Å². The zero-order valence-corrected chi connectivity index (χ0v) is 15.3. The third-order valence-electron chi connectivity index (χ3n) is 3.91. The molecular formula is C20H20O7. The van der Waals surface area contributed by atoms with Crippen molar-refractivity contribution in [1.29, 1.82) is 0 Å². The van der Waals surface area contributed by atoms with Crippen LogP contribution in [-0.4, -0.2) is 37.1 Å². The van der Waals surface area contributed by atoms with E-state index in [0.29, 0.717) is 17.5 Å². The molecule has 1 heterocycles. The van der Waals surface area contributed by atoms with E-state index in [-0.39, 0.29) is 41.9 Å². The minimum Gasteiger partial charge on any atom is -0.462 e. The van der Waals surface area contributed by atoms with Crippen LogP contribution in [0.2, 0.25) is 0 Å². The van der Waals surface area contributed by atoms with Crippen LogP contribution in [0.1, 0.15) is 45.7 Å². The van der Waals surface area contributed by atoms with E-state index in [1.807, 2.05) is 0 Å². The van der Waals surface area contributed by atoms with E-state index in [4.69, 9.17) is 9.47 Å². The van der Waals surface area contributed by atoms with E-state index in [0.717, 1.165) is 0 Å². The lowest BCUT2D eigenvalue weighted by Crippen LogP contribution is -2.14. The highest BCUT2D eigenvalue weighted by Crippen LogP contribution is 2.27. The highest BCUT2D eigenvalue weighted by molar-refractivity contribution is 6.15. The molecule has 0 saturated heterocycles. The van der Waals surface area contributed by atoms with Crippen molar-refractivity contribution < 1.29 is 33.4 Å². The number of carbonyl (C=O) groups excluding carboxylic acids is 4. The van der Waals surface area contributed by atoms with Gasteiger partial charge in [0.05, 0.1) is 24.3 Å². The van der Waals surface area contributed by atoms with Crippen LogP contribution in [0.3, 0.4) is 0 Å². The van der Waals surface area contributed by atoms with Crippen molar-refractivity contribution >= 4 is 23.9 Å². The van der Waals surface area contributed by atoms with Crippen molar-refractivity contribution in [3.8, 4) is 0 Å². The Morgan fingerprint density at radius 2 is 1.48 bits per heavy atom. The smallest absolute Gasteiger partial charge is 0.347 e. The third kappa shape index (κ3) is 4.69. The normalized spacial score (nSPS) is 12.2. The first kappa shape index (κ1) is 20.1. The molecule has 1 aliphatic heterocycles. The molecule has 7 nitrogen and oxygen atoms in total. The average molecular weight is 372 g/mol. The van der Waals surface area contributed by atoms with Gasteiger partial charge in [-0.15, -0.1) is 0 Å². The lowest BCUT2D eigenvalue weighted by Gasteiger charge is -2.13. The third-order valence-corrected chi connectivity index (χ3v) is 3.91. The quantitative estimate of drug-likeness (QED) is 0.299. The number of hydrogen-bond donors (Lipinski definition) is 0. The maximum absolute atomic E-state index is 12.1. The number of fused-ring (bicyclic) bond motifs is 1. The molecule has 0 radical (unpaired) electrons. The number of esters is 4. The number of carbonyl (C=O) groups is 4. The summed E-state index contributed by atoms with van der Waals surface area (Å²) in [5.41, 5.74) is 2.10. The van der Waals surface area contributed by atoms with Crippen LogP contribution in [0.15, 0.2) is 36.4 Å². The number of rotatable bonds is 8. The molecule has 0 amide bonds. The van der Waals surface area contributed by atoms with Gasteiger partial charge < -0.3 is 14.2 Å². The molecule has 1 aromatic carbocycles. The summed E-state index contributed by atoms with van der Waals surface area (Å²) in [6, 6.07) is 3.17. The second-order valence-electron chi connectivity index (χ2n) is 6.14. The fourth-order valence-electron chi connectivity index (χ4n) is 2.55. The predicted octanol–water partition coefficient (Wildman–Crippen LogP) is 2.32. The SMILES string of the molecule is C=C(C)C(=O)OCCc1ccc2c(c1CCOC(=O)C(=C)C)C(=O)OC2=O. The Kier molecular flexibility index (Phi) is 6.28. The van der Waals surface area contributed by atoms with Gasteiger partial charge in [-0.2, -0.15) is 0 Å². The summed E-state index contributed by atoms with van der Waals surface area (Å²) in [7, 11) is 0. The minimum atomic E-state index is -0.739. The molecular weight excluding hydrogens is 352 g/mol. The molecule has 142 valence electrons. The maximum Gasteiger partial charge on any atom is 0.347 e. The largest absolute Gasteiger partial charge is 0.462 e. The van der Waals surface area contributed by atoms with Crippen molar-refractivity contribution in [2.24, 2.45) is 0 Å².